The van der Waals surface area contributed by atoms with Gasteiger partial charge >= 0.3 is 5.97 Å². The van der Waals surface area contributed by atoms with E-state index in [0.717, 1.165) is 16.2 Å². The number of sulfonamides is 1. The first-order valence-corrected chi connectivity index (χ1v) is 10.1. The normalized spacial score (nSPS) is 15.8. The van der Waals surface area contributed by atoms with Crippen LogP contribution in [0.3, 0.4) is 0 Å². The first-order chi connectivity index (χ1) is 11.8. The van der Waals surface area contributed by atoms with E-state index in [9.17, 15) is 18.3 Å². The van der Waals surface area contributed by atoms with Gasteiger partial charge in [-0.3, -0.25) is 0 Å². The van der Waals surface area contributed by atoms with Crippen molar-refractivity contribution in [2.45, 2.75) is 43.6 Å². The number of carboxylic acids is 1. The number of carboxylic acid groups (broad SMARTS) is 1. The second kappa shape index (κ2) is 6.83. The lowest BCUT2D eigenvalue weighted by atomic mass is 10.1. The van der Waals surface area contributed by atoms with E-state index in [0.29, 0.717) is 37.4 Å². The number of nitrogens with one attached hydrogen (secondary N) is 2. The van der Waals surface area contributed by atoms with Crippen molar-refractivity contribution in [1.82, 2.24) is 24.8 Å². The number of aryl methyl sites for hydroxylation is 1. The monoisotopic (exact) mass is 385 g/mol. The average Bonchev–Trinajstić information content (AvgIpc) is 3.18. The van der Waals surface area contributed by atoms with Crippen molar-refractivity contribution >= 4 is 27.3 Å². The number of nitrogens with zero attached hydrogens (tertiary/aromatic N) is 3. The van der Waals surface area contributed by atoms with Gasteiger partial charge in [-0.25, -0.2) is 22.9 Å². The van der Waals surface area contributed by atoms with E-state index < -0.39 is 22.0 Å². The first-order valence-electron chi connectivity index (χ1n) is 7.83. The van der Waals surface area contributed by atoms with Crippen molar-refractivity contribution in [2.24, 2.45) is 0 Å². The highest BCUT2D eigenvalue weighted by Crippen LogP contribution is 2.35. The third-order valence-corrected chi connectivity index (χ3v) is 7.31. The van der Waals surface area contributed by atoms with Gasteiger partial charge in [-0.05, 0) is 32.4 Å². The molecule has 3 rings (SSSR count). The maximum Gasteiger partial charge on any atom is 0.338 e. The van der Waals surface area contributed by atoms with E-state index in [4.69, 9.17) is 0 Å². The fourth-order valence-electron chi connectivity index (χ4n) is 2.91. The number of thiophene rings is 1. The van der Waals surface area contributed by atoms with Gasteiger partial charge < -0.3 is 10.4 Å². The summed E-state index contributed by atoms with van der Waals surface area (Å²) in [5.41, 5.74) is 0.499. The summed E-state index contributed by atoms with van der Waals surface area (Å²) >= 11 is 1.01. The van der Waals surface area contributed by atoms with Crippen LogP contribution >= 0.6 is 11.3 Å². The molecule has 0 amide bonds. The molecule has 9 nitrogen and oxygen atoms in total. The number of rotatable bonds is 6. The van der Waals surface area contributed by atoms with Gasteiger partial charge in [-0.1, -0.05) is 0 Å². The lowest BCUT2D eigenvalue weighted by Gasteiger charge is -2.14. The molecule has 0 spiro atoms. The number of aromatic nitrogens is 3. The highest BCUT2D eigenvalue weighted by molar-refractivity contribution is 7.91. The molecular formula is C14H19N5O4S2. The summed E-state index contributed by atoms with van der Waals surface area (Å²) in [4.78, 5) is 16.5. The van der Waals surface area contributed by atoms with Crippen molar-refractivity contribution < 1.29 is 18.3 Å². The van der Waals surface area contributed by atoms with Gasteiger partial charge in [-0.2, -0.15) is 9.82 Å². The first kappa shape index (κ1) is 18.0. The predicted molar refractivity (Wildman–Crippen MR) is 91.1 cm³/mol. The van der Waals surface area contributed by atoms with Gasteiger partial charge in [0.1, 0.15) is 16.4 Å². The van der Waals surface area contributed by atoms with Crippen LogP contribution in [0.1, 0.15) is 46.5 Å². The summed E-state index contributed by atoms with van der Waals surface area (Å²) in [6.07, 6.45) is 1.87. The second-order valence-corrected chi connectivity index (χ2v) is 8.69. The molecule has 0 saturated carbocycles. The summed E-state index contributed by atoms with van der Waals surface area (Å²) in [5, 5.41) is 16.7. The Morgan fingerprint density at radius 2 is 2.32 bits per heavy atom. The molecule has 25 heavy (non-hydrogen) atoms. The Kier molecular flexibility index (Phi) is 4.91. The van der Waals surface area contributed by atoms with E-state index in [-0.39, 0.29) is 9.77 Å². The quantitative estimate of drug-likeness (QED) is 0.669. The summed E-state index contributed by atoms with van der Waals surface area (Å²) in [6.45, 7) is 5.20. The average molecular weight is 385 g/mol. The predicted octanol–water partition coefficient (Wildman–Crippen LogP) is 0.743. The van der Waals surface area contributed by atoms with Crippen LogP contribution in [-0.4, -0.2) is 40.8 Å². The molecule has 3 N–H and O–H groups in total. The molecule has 0 bridgehead atoms. The van der Waals surface area contributed by atoms with Crippen LogP contribution in [0.15, 0.2) is 10.5 Å². The van der Waals surface area contributed by atoms with E-state index in [1.807, 2.05) is 6.92 Å². The van der Waals surface area contributed by atoms with E-state index in [2.05, 4.69) is 20.1 Å². The summed E-state index contributed by atoms with van der Waals surface area (Å²) in [6, 6.07) is -0.633. The minimum atomic E-state index is -4.00. The van der Waals surface area contributed by atoms with Gasteiger partial charge in [0.05, 0.1) is 11.6 Å². The third kappa shape index (κ3) is 3.32. The maximum atomic E-state index is 12.8. The number of carbonyl (C=O) groups is 1. The number of hydrogen-bond acceptors (Lipinski definition) is 7. The summed E-state index contributed by atoms with van der Waals surface area (Å²) in [5.74, 6) is -0.741. The van der Waals surface area contributed by atoms with Gasteiger partial charge in [0, 0.05) is 18.0 Å². The van der Waals surface area contributed by atoms with Gasteiger partial charge in [0.15, 0.2) is 0 Å². The smallest absolute Gasteiger partial charge is 0.338 e. The second-order valence-electron chi connectivity index (χ2n) is 5.68. The SMILES string of the molecule is CCn1ncnc1[C@H](C)NS(=O)(=O)c1sc2c(c1C(=O)O)CCNC2. The molecule has 0 saturated heterocycles. The highest BCUT2D eigenvalue weighted by atomic mass is 32.2. The van der Waals surface area contributed by atoms with Crippen molar-refractivity contribution in [1.29, 1.82) is 0 Å². The van der Waals surface area contributed by atoms with Crippen molar-refractivity contribution in [3.8, 4) is 0 Å². The van der Waals surface area contributed by atoms with E-state index in [1.54, 1.807) is 11.6 Å². The summed E-state index contributed by atoms with van der Waals surface area (Å²) < 4.78 is 29.6. The molecule has 0 unspecified atom stereocenters. The lowest BCUT2D eigenvalue weighted by Crippen LogP contribution is -2.29. The molecule has 1 aliphatic rings. The zero-order chi connectivity index (χ0) is 18.2. The number of aromatic carboxylic acids is 1. The molecule has 0 radical (unpaired) electrons. The lowest BCUT2D eigenvalue weighted by molar-refractivity contribution is 0.0692. The Morgan fingerprint density at radius 1 is 1.56 bits per heavy atom. The molecule has 0 aliphatic carbocycles. The zero-order valence-electron chi connectivity index (χ0n) is 13.8. The Hall–Kier alpha value is -1.82. The van der Waals surface area contributed by atoms with Crippen molar-refractivity contribution in [3.63, 3.8) is 0 Å². The largest absolute Gasteiger partial charge is 0.478 e. The molecular weight excluding hydrogens is 366 g/mol. The van der Waals surface area contributed by atoms with Gasteiger partial charge in [0.2, 0.25) is 0 Å². The van der Waals surface area contributed by atoms with E-state index >= 15 is 0 Å². The van der Waals surface area contributed by atoms with Crippen LogP contribution in [0.5, 0.6) is 0 Å². The fraction of sp³-hybridized carbons (Fsp3) is 0.500. The molecule has 0 aromatic carbocycles. The minimum absolute atomic E-state index is 0.113. The fourth-order valence-corrected chi connectivity index (χ4v) is 5.99. The molecule has 0 fully saturated rings. The van der Waals surface area contributed by atoms with Crippen LogP contribution in [0.25, 0.3) is 0 Å². The van der Waals surface area contributed by atoms with Gasteiger partial charge in [0.25, 0.3) is 10.0 Å². The van der Waals surface area contributed by atoms with Crippen molar-refractivity contribution in [3.05, 3.63) is 28.2 Å². The summed E-state index contributed by atoms with van der Waals surface area (Å²) in [7, 11) is -4.00. The highest BCUT2D eigenvalue weighted by Gasteiger charge is 2.33. The molecule has 11 heteroatoms. The van der Waals surface area contributed by atoms with Crippen LogP contribution in [0.2, 0.25) is 0 Å². The molecule has 2 aromatic rings. The van der Waals surface area contributed by atoms with Crippen LogP contribution in [0, 0.1) is 0 Å². The third-order valence-electron chi connectivity index (χ3n) is 4.02. The molecule has 136 valence electrons. The topological polar surface area (TPSA) is 126 Å². The molecule has 1 aliphatic heterocycles. The van der Waals surface area contributed by atoms with Crippen LogP contribution < -0.4 is 10.0 Å². The van der Waals surface area contributed by atoms with Crippen LogP contribution in [0.4, 0.5) is 0 Å². The Morgan fingerprint density at radius 3 is 3.00 bits per heavy atom. The molecule has 2 aromatic heterocycles. The van der Waals surface area contributed by atoms with Crippen molar-refractivity contribution in [2.75, 3.05) is 6.54 Å². The van der Waals surface area contributed by atoms with Crippen LogP contribution in [-0.2, 0) is 29.5 Å². The zero-order valence-corrected chi connectivity index (χ0v) is 15.4. The molecule has 1 atom stereocenters. The number of fused-ring (bicyclic) bond motifs is 1. The van der Waals surface area contributed by atoms with E-state index in [1.165, 1.54) is 6.33 Å². The Bertz CT molecular complexity index is 902. The number of hydrogen-bond donors (Lipinski definition) is 3. The Labute approximate surface area is 149 Å². The minimum Gasteiger partial charge on any atom is -0.478 e. The standard InChI is InChI=1S/C14H19N5O4S2/c1-3-19-12(16-7-17-19)8(2)18-25(22,23)14-11(13(20)21)9-4-5-15-6-10(9)24-14/h7-8,15,18H,3-6H2,1-2H3,(H,20,21)/t8-/m0/s1. The Balaban J connectivity index is 1.98. The molecule has 3 heterocycles. The van der Waals surface area contributed by atoms with Gasteiger partial charge in [-0.15, -0.1) is 11.3 Å². The maximum absolute atomic E-state index is 12.8.